The van der Waals surface area contributed by atoms with Crippen LogP contribution in [0, 0.1) is 5.82 Å². The van der Waals surface area contributed by atoms with Gasteiger partial charge in [0.25, 0.3) is 12.3 Å². The van der Waals surface area contributed by atoms with Crippen LogP contribution in [0.15, 0.2) is 42.5 Å². The first-order valence-electron chi connectivity index (χ1n) is 13.0. The number of aromatic nitrogens is 2. The lowest BCUT2D eigenvalue weighted by atomic mass is 10.1. The molecule has 0 aliphatic rings. The van der Waals surface area contributed by atoms with Crippen LogP contribution < -0.4 is 20.7 Å². The largest absolute Gasteiger partial charge is 0.487 e. The average Bonchev–Trinajstić information content (AvgIpc) is 3.23. The number of rotatable bonds is 9. The lowest BCUT2D eigenvalue weighted by Crippen LogP contribution is -2.32. The van der Waals surface area contributed by atoms with E-state index in [9.17, 15) is 22.8 Å². The zero-order valence-electron chi connectivity index (χ0n) is 23.8. The van der Waals surface area contributed by atoms with Crippen molar-refractivity contribution >= 4 is 75.2 Å². The highest BCUT2D eigenvalue weighted by Crippen LogP contribution is 2.37. The topological polar surface area (TPSA) is 107 Å². The third-order valence-electron chi connectivity index (χ3n) is 6.00. The molecule has 3 N–H and O–H groups in total. The first-order chi connectivity index (χ1) is 20.6. The Morgan fingerprint density at radius 3 is 2.43 bits per heavy atom. The summed E-state index contributed by atoms with van der Waals surface area (Å²) in [6, 6.07) is 9.58. The van der Waals surface area contributed by atoms with E-state index in [2.05, 4.69) is 20.9 Å². The number of carbonyl (C=O) groups is 2. The molecule has 0 fully saturated rings. The van der Waals surface area contributed by atoms with E-state index < -0.39 is 36.5 Å². The van der Waals surface area contributed by atoms with Gasteiger partial charge in [-0.1, -0.05) is 40.9 Å². The van der Waals surface area contributed by atoms with E-state index in [0.717, 1.165) is 6.07 Å². The zero-order valence-corrected chi connectivity index (χ0v) is 26.1. The zero-order chi connectivity index (χ0) is 32.3. The third kappa shape index (κ3) is 7.99. The number of halogens is 6. The highest BCUT2D eigenvalue weighted by molar-refractivity contribution is 6.39. The molecule has 1 aromatic heterocycles. The van der Waals surface area contributed by atoms with Crippen molar-refractivity contribution < 1.29 is 32.2 Å². The SMILES string of the molecule is Cn1c(Nc2c(Cl)ccc(CNC(=O)OC(C)(C)C)c2Cl)nc2cc(C(=O)Nc3ccc(F)c(Cl)c3)c(OCC(F)F)cc21. The molecule has 4 aromatic rings. The molecule has 2 amide bonds. The molecule has 234 valence electrons. The van der Waals surface area contributed by atoms with Crippen molar-refractivity contribution in [1.82, 2.24) is 14.9 Å². The van der Waals surface area contributed by atoms with Gasteiger partial charge >= 0.3 is 6.09 Å². The summed E-state index contributed by atoms with van der Waals surface area (Å²) in [5, 5.41) is 8.50. The molecule has 0 radical (unpaired) electrons. The van der Waals surface area contributed by atoms with Crippen LogP contribution in [0.1, 0.15) is 36.7 Å². The van der Waals surface area contributed by atoms with E-state index in [1.165, 1.54) is 24.3 Å². The number of alkyl carbamates (subject to hydrolysis) is 1. The Morgan fingerprint density at radius 1 is 1.05 bits per heavy atom. The average molecular weight is 673 g/mol. The first-order valence-corrected chi connectivity index (χ1v) is 14.1. The second-order valence-corrected chi connectivity index (χ2v) is 11.7. The molecule has 0 bridgehead atoms. The number of hydrogen-bond donors (Lipinski definition) is 3. The van der Waals surface area contributed by atoms with Gasteiger partial charge in [-0.05, 0) is 56.7 Å². The summed E-state index contributed by atoms with van der Waals surface area (Å²) in [4.78, 5) is 29.8. The van der Waals surface area contributed by atoms with Gasteiger partial charge < -0.3 is 30.0 Å². The Balaban J connectivity index is 1.66. The van der Waals surface area contributed by atoms with Crippen molar-refractivity contribution in [2.24, 2.45) is 7.05 Å². The molecule has 4 rings (SSSR count). The summed E-state index contributed by atoms with van der Waals surface area (Å²) in [6.45, 7) is 4.31. The minimum absolute atomic E-state index is 0.0463. The Kier molecular flexibility index (Phi) is 10.1. The summed E-state index contributed by atoms with van der Waals surface area (Å²) in [7, 11) is 1.64. The Labute approximate surface area is 265 Å². The van der Waals surface area contributed by atoms with Gasteiger partial charge in [0.1, 0.15) is 23.8 Å². The van der Waals surface area contributed by atoms with Crippen molar-refractivity contribution in [2.75, 3.05) is 17.2 Å². The molecule has 0 spiro atoms. The van der Waals surface area contributed by atoms with Crippen LogP contribution in [-0.4, -0.2) is 40.2 Å². The van der Waals surface area contributed by atoms with Crippen molar-refractivity contribution in [2.45, 2.75) is 39.3 Å². The number of nitrogens with zero attached hydrogens (tertiary/aromatic N) is 2. The van der Waals surface area contributed by atoms with Gasteiger partial charge in [-0.3, -0.25) is 4.79 Å². The maximum atomic E-state index is 13.6. The summed E-state index contributed by atoms with van der Waals surface area (Å²) < 4.78 is 51.8. The molecular formula is C29H27Cl3F3N5O4. The van der Waals surface area contributed by atoms with Crippen LogP contribution in [0.25, 0.3) is 11.0 Å². The molecule has 0 unspecified atom stereocenters. The van der Waals surface area contributed by atoms with Crippen LogP contribution >= 0.6 is 34.8 Å². The summed E-state index contributed by atoms with van der Waals surface area (Å²) >= 11 is 18.9. The minimum Gasteiger partial charge on any atom is -0.487 e. The Bertz CT molecular complexity index is 1730. The number of aryl methyl sites for hydroxylation is 1. The molecule has 3 aromatic carbocycles. The second-order valence-electron chi connectivity index (χ2n) is 10.5. The van der Waals surface area contributed by atoms with E-state index in [4.69, 9.17) is 44.3 Å². The highest BCUT2D eigenvalue weighted by atomic mass is 35.5. The predicted octanol–water partition coefficient (Wildman–Crippen LogP) is 8.34. The van der Waals surface area contributed by atoms with Crippen LogP contribution in [-0.2, 0) is 18.3 Å². The minimum atomic E-state index is -2.80. The lowest BCUT2D eigenvalue weighted by Gasteiger charge is -2.20. The number of anilines is 3. The molecule has 15 heteroatoms. The van der Waals surface area contributed by atoms with Crippen molar-refractivity contribution in [1.29, 1.82) is 0 Å². The fourth-order valence-corrected chi connectivity index (χ4v) is 4.71. The smallest absolute Gasteiger partial charge is 0.407 e. The number of ether oxygens (including phenoxy) is 2. The third-order valence-corrected chi connectivity index (χ3v) is 7.04. The molecule has 0 saturated carbocycles. The van der Waals surface area contributed by atoms with Crippen LogP contribution in [0.5, 0.6) is 5.75 Å². The second kappa shape index (κ2) is 13.4. The maximum Gasteiger partial charge on any atom is 0.407 e. The van der Waals surface area contributed by atoms with Gasteiger partial charge in [-0.2, -0.15) is 0 Å². The van der Waals surface area contributed by atoms with Crippen LogP contribution in [0.4, 0.5) is 35.3 Å². The molecule has 0 aliphatic carbocycles. The molecule has 0 aliphatic heterocycles. The molecule has 44 heavy (non-hydrogen) atoms. The van der Waals surface area contributed by atoms with E-state index >= 15 is 0 Å². The summed E-state index contributed by atoms with van der Waals surface area (Å²) in [5.74, 6) is -1.30. The quantitative estimate of drug-likeness (QED) is 0.165. The number of imidazole rings is 1. The fourth-order valence-electron chi connectivity index (χ4n) is 3.99. The number of nitrogens with one attached hydrogen (secondary N) is 3. The fraction of sp³-hybridized carbons (Fsp3) is 0.276. The Morgan fingerprint density at radius 2 is 1.77 bits per heavy atom. The number of hydrogen-bond acceptors (Lipinski definition) is 6. The van der Waals surface area contributed by atoms with Gasteiger partial charge in [-0.25, -0.2) is 22.9 Å². The highest BCUT2D eigenvalue weighted by Gasteiger charge is 2.22. The number of benzene rings is 3. The van der Waals surface area contributed by atoms with Gasteiger partial charge in [0.05, 0.1) is 37.4 Å². The van der Waals surface area contributed by atoms with E-state index in [0.29, 0.717) is 16.6 Å². The maximum absolute atomic E-state index is 13.6. The standard InChI is InChI=1S/C29H27Cl3F3N5O4/c1-29(2,3)44-28(42)36-12-14-5-7-17(30)25(24(14)32)39-27-38-20-10-16(22(43-13-23(34)35)11-21(20)40(27)4)26(41)37-15-6-8-19(33)18(31)9-15/h5-11,23H,12-13H2,1-4H3,(H,36,42)(H,37,41)(H,38,39). The lowest BCUT2D eigenvalue weighted by molar-refractivity contribution is 0.0523. The first kappa shape index (κ1) is 33.0. The van der Waals surface area contributed by atoms with E-state index in [-0.39, 0.29) is 50.2 Å². The molecule has 0 saturated heterocycles. The molecular weight excluding hydrogens is 646 g/mol. The number of amides is 2. The van der Waals surface area contributed by atoms with Crippen molar-refractivity contribution in [3.63, 3.8) is 0 Å². The Hall–Kier alpha value is -3.87. The van der Waals surface area contributed by atoms with Gasteiger partial charge in [0, 0.05) is 25.3 Å². The molecule has 0 atom stereocenters. The number of carbonyl (C=O) groups excluding carboxylic acids is 2. The summed E-state index contributed by atoms with van der Waals surface area (Å²) in [5.41, 5.74) is 0.941. The van der Waals surface area contributed by atoms with Gasteiger partial charge in [-0.15, -0.1) is 0 Å². The van der Waals surface area contributed by atoms with Gasteiger partial charge in [0.15, 0.2) is 0 Å². The van der Waals surface area contributed by atoms with Crippen LogP contribution in [0.2, 0.25) is 15.1 Å². The molecule has 9 nitrogen and oxygen atoms in total. The predicted molar refractivity (Wildman–Crippen MR) is 164 cm³/mol. The van der Waals surface area contributed by atoms with Crippen molar-refractivity contribution in [3.8, 4) is 5.75 Å². The van der Waals surface area contributed by atoms with Gasteiger partial charge in [0.2, 0.25) is 5.95 Å². The van der Waals surface area contributed by atoms with E-state index in [1.807, 2.05) is 0 Å². The van der Waals surface area contributed by atoms with Crippen LogP contribution in [0.3, 0.4) is 0 Å². The van der Waals surface area contributed by atoms with Crippen molar-refractivity contribution in [3.05, 3.63) is 74.5 Å². The van der Waals surface area contributed by atoms with E-state index in [1.54, 1.807) is 44.5 Å². The monoisotopic (exact) mass is 671 g/mol. The summed E-state index contributed by atoms with van der Waals surface area (Å²) in [6.07, 6.45) is -3.43. The number of fused-ring (bicyclic) bond motifs is 1. The number of alkyl halides is 2. The molecule has 1 heterocycles. The normalized spacial score (nSPS) is 11.5.